The summed E-state index contributed by atoms with van der Waals surface area (Å²) in [4.78, 5) is 26.5. The maximum Gasteiger partial charge on any atom is 0.251 e. The molecule has 27 heavy (non-hydrogen) atoms. The molecule has 2 aromatic carbocycles. The molecule has 0 aromatic heterocycles. The van der Waals surface area contributed by atoms with Gasteiger partial charge in [-0.3, -0.25) is 9.59 Å². The smallest absolute Gasteiger partial charge is 0.251 e. The van der Waals surface area contributed by atoms with Crippen LogP contribution in [-0.2, 0) is 11.3 Å². The molecule has 1 aliphatic heterocycles. The first-order chi connectivity index (χ1) is 13.0. The molecule has 1 N–H and O–H groups in total. The SMILES string of the molecule is CC[C@H](C)NC(=O)c1ccc([C@H]2SCC(=O)N2Cc2ccc(Cl)cc2)cc1. The van der Waals surface area contributed by atoms with Crippen molar-refractivity contribution < 1.29 is 9.59 Å². The van der Waals surface area contributed by atoms with Gasteiger partial charge in [-0.05, 0) is 48.7 Å². The predicted octanol–water partition coefficient (Wildman–Crippen LogP) is 4.64. The fourth-order valence-electron chi connectivity index (χ4n) is 2.90. The van der Waals surface area contributed by atoms with E-state index in [0.717, 1.165) is 17.5 Å². The van der Waals surface area contributed by atoms with E-state index in [1.807, 2.05) is 67.3 Å². The molecule has 0 unspecified atom stereocenters. The summed E-state index contributed by atoms with van der Waals surface area (Å²) in [5.41, 5.74) is 2.71. The third kappa shape index (κ3) is 4.85. The zero-order valence-corrected chi connectivity index (χ0v) is 17.0. The van der Waals surface area contributed by atoms with Crippen molar-refractivity contribution in [2.45, 2.75) is 38.2 Å². The van der Waals surface area contributed by atoms with Crippen molar-refractivity contribution in [3.8, 4) is 0 Å². The van der Waals surface area contributed by atoms with Gasteiger partial charge in [0.2, 0.25) is 5.91 Å². The Hall–Kier alpha value is -1.98. The van der Waals surface area contributed by atoms with E-state index in [-0.39, 0.29) is 23.2 Å². The standard InChI is InChI=1S/C21H23ClN2O2S/c1-3-14(2)23-20(26)16-6-8-17(9-7-16)21-24(19(25)13-27-21)12-15-4-10-18(22)11-5-15/h4-11,14,21H,3,12-13H2,1-2H3,(H,23,26)/t14-,21+/m0/s1. The molecular formula is C21H23ClN2O2S. The third-order valence-electron chi connectivity index (χ3n) is 4.68. The lowest BCUT2D eigenvalue weighted by Crippen LogP contribution is -2.32. The van der Waals surface area contributed by atoms with Crippen LogP contribution in [0.1, 0.15) is 47.1 Å². The Morgan fingerprint density at radius 2 is 1.89 bits per heavy atom. The van der Waals surface area contributed by atoms with Crippen molar-refractivity contribution >= 4 is 35.2 Å². The van der Waals surface area contributed by atoms with Gasteiger partial charge < -0.3 is 10.2 Å². The Labute approximate surface area is 169 Å². The summed E-state index contributed by atoms with van der Waals surface area (Å²) in [6.07, 6.45) is 0.893. The third-order valence-corrected chi connectivity index (χ3v) is 6.19. The molecule has 1 fully saturated rings. The summed E-state index contributed by atoms with van der Waals surface area (Å²) in [5, 5.41) is 3.61. The van der Waals surface area contributed by atoms with Crippen LogP contribution in [0.4, 0.5) is 0 Å². The number of hydrogen-bond acceptors (Lipinski definition) is 3. The lowest BCUT2D eigenvalue weighted by atomic mass is 10.1. The molecule has 2 atom stereocenters. The molecule has 0 aliphatic carbocycles. The molecule has 3 rings (SSSR count). The van der Waals surface area contributed by atoms with Gasteiger partial charge in [-0.2, -0.15) is 0 Å². The van der Waals surface area contributed by atoms with Gasteiger partial charge in [0, 0.05) is 23.2 Å². The van der Waals surface area contributed by atoms with Crippen LogP contribution in [0.15, 0.2) is 48.5 Å². The minimum atomic E-state index is -0.0657. The first-order valence-corrected chi connectivity index (χ1v) is 10.5. The zero-order valence-electron chi connectivity index (χ0n) is 15.4. The molecule has 0 saturated carbocycles. The number of nitrogens with zero attached hydrogens (tertiary/aromatic N) is 1. The van der Waals surface area contributed by atoms with E-state index in [2.05, 4.69) is 5.32 Å². The number of thioether (sulfide) groups is 1. The molecule has 1 aliphatic rings. The Balaban J connectivity index is 1.73. The second kappa shape index (κ2) is 8.81. The number of hydrogen-bond donors (Lipinski definition) is 1. The van der Waals surface area contributed by atoms with Crippen LogP contribution in [0.3, 0.4) is 0 Å². The fraction of sp³-hybridized carbons (Fsp3) is 0.333. The normalized spacial score (nSPS) is 17.8. The van der Waals surface area contributed by atoms with Crippen molar-refractivity contribution in [3.05, 3.63) is 70.2 Å². The summed E-state index contributed by atoms with van der Waals surface area (Å²) in [6.45, 7) is 4.57. The Morgan fingerprint density at radius 3 is 2.52 bits per heavy atom. The highest BCUT2D eigenvalue weighted by atomic mass is 35.5. The lowest BCUT2D eigenvalue weighted by molar-refractivity contribution is -0.128. The van der Waals surface area contributed by atoms with E-state index in [4.69, 9.17) is 11.6 Å². The van der Waals surface area contributed by atoms with Crippen molar-refractivity contribution in [3.63, 3.8) is 0 Å². The number of halogens is 1. The Morgan fingerprint density at radius 1 is 1.22 bits per heavy atom. The van der Waals surface area contributed by atoms with E-state index >= 15 is 0 Å². The highest BCUT2D eigenvalue weighted by Crippen LogP contribution is 2.39. The first kappa shape index (κ1) is 19.8. The molecule has 1 saturated heterocycles. The van der Waals surface area contributed by atoms with Crippen LogP contribution in [0, 0.1) is 0 Å². The van der Waals surface area contributed by atoms with E-state index in [1.54, 1.807) is 11.8 Å². The molecule has 0 bridgehead atoms. The summed E-state index contributed by atoms with van der Waals surface area (Å²) < 4.78 is 0. The fourth-order valence-corrected chi connectivity index (χ4v) is 4.21. The van der Waals surface area contributed by atoms with Gasteiger partial charge in [-0.25, -0.2) is 0 Å². The topological polar surface area (TPSA) is 49.4 Å². The summed E-state index contributed by atoms with van der Waals surface area (Å²) in [5.74, 6) is 0.525. The minimum absolute atomic E-state index is 0.0418. The van der Waals surface area contributed by atoms with Crippen LogP contribution < -0.4 is 5.32 Å². The van der Waals surface area contributed by atoms with Gasteiger partial charge in [0.05, 0.1) is 5.75 Å². The van der Waals surface area contributed by atoms with Gasteiger partial charge in [-0.15, -0.1) is 11.8 Å². The number of nitrogens with one attached hydrogen (secondary N) is 1. The van der Waals surface area contributed by atoms with Crippen molar-refractivity contribution in [2.75, 3.05) is 5.75 Å². The van der Waals surface area contributed by atoms with Crippen molar-refractivity contribution in [1.29, 1.82) is 0 Å². The molecule has 142 valence electrons. The molecule has 0 radical (unpaired) electrons. The lowest BCUT2D eigenvalue weighted by Gasteiger charge is -2.24. The summed E-state index contributed by atoms with van der Waals surface area (Å²) in [6, 6.07) is 15.3. The van der Waals surface area contributed by atoms with Gasteiger partial charge >= 0.3 is 0 Å². The molecule has 0 spiro atoms. The molecule has 2 aromatic rings. The summed E-state index contributed by atoms with van der Waals surface area (Å²) in [7, 11) is 0. The molecule has 1 heterocycles. The highest BCUT2D eigenvalue weighted by Gasteiger charge is 2.32. The van der Waals surface area contributed by atoms with Gasteiger partial charge in [-0.1, -0.05) is 42.8 Å². The average molecular weight is 403 g/mol. The maximum atomic E-state index is 12.4. The zero-order chi connectivity index (χ0) is 19.4. The van der Waals surface area contributed by atoms with E-state index in [0.29, 0.717) is 22.9 Å². The second-order valence-corrected chi connectivity index (χ2v) is 8.22. The van der Waals surface area contributed by atoms with Crippen LogP contribution in [0.2, 0.25) is 5.02 Å². The number of rotatable bonds is 6. The molecule has 6 heteroatoms. The first-order valence-electron chi connectivity index (χ1n) is 9.04. The molecular weight excluding hydrogens is 380 g/mol. The number of carbonyl (C=O) groups excluding carboxylic acids is 2. The van der Waals surface area contributed by atoms with Crippen molar-refractivity contribution in [2.24, 2.45) is 0 Å². The number of carbonyl (C=O) groups is 2. The monoisotopic (exact) mass is 402 g/mol. The highest BCUT2D eigenvalue weighted by molar-refractivity contribution is 8.00. The van der Waals surface area contributed by atoms with Crippen LogP contribution in [0.5, 0.6) is 0 Å². The van der Waals surface area contributed by atoms with Gasteiger partial charge in [0.15, 0.2) is 0 Å². The quantitative estimate of drug-likeness (QED) is 0.765. The van der Waals surface area contributed by atoms with Crippen LogP contribution in [0.25, 0.3) is 0 Å². The average Bonchev–Trinajstić information content (AvgIpc) is 3.04. The Kier molecular flexibility index (Phi) is 6.45. The van der Waals surface area contributed by atoms with Gasteiger partial charge in [0.25, 0.3) is 5.91 Å². The van der Waals surface area contributed by atoms with Crippen LogP contribution >= 0.6 is 23.4 Å². The number of amides is 2. The maximum absolute atomic E-state index is 12.4. The second-order valence-electron chi connectivity index (χ2n) is 6.72. The Bertz CT molecular complexity index is 808. The molecule has 2 amide bonds. The van der Waals surface area contributed by atoms with Crippen LogP contribution in [-0.4, -0.2) is 28.5 Å². The number of benzene rings is 2. The summed E-state index contributed by atoms with van der Waals surface area (Å²) >= 11 is 7.56. The van der Waals surface area contributed by atoms with E-state index in [9.17, 15) is 9.59 Å². The van der Waals surface area contributed by atoms with Crippen molar-refractivity contribution in [1.82, 2.24) is 10.2 Å². The largest absolute Gasteiger partial charge is 0.350 e. The molecule has 4 nitrogen and oxygen atoms in total. The predicted molar refractivity (Wildman–Crippen MR) is 111 cm³/mol. The minimum Gasteiger partial charge on any atom is -0.350 e. The van der Waals surface area contributed by atoms with E-state index < -0.39 is 0 Å². The van der Waals surface area contributed by atoms with E-state index in [1.165, 1.54) is 0 Å². The van der Waals surface area contributed by atoms with Gasteiger partial charge in [0.1, 0.15) is 5.37 Å².